The molecule has 0 amide bonds. The van der Waals surface area contributed by atoms with Gasteiger partial charge >= 0.3 is 0 Å². The molecular weight excluding hydrogens is 626 g/mol. The molecule has 5 heterocycles. The summed E-state index contributed by atoms with van der Waals surface area (Å²) in [5.74, 6) is 1.28. The quantitative estimate of drug-likeness (QED) is 0.201. The Morgan fingerprint density at radius 1 is 1.00 bits per heavy atom. The number of nitrogens with one attached hydrogen (secondary N) is 1. The Morgan fingerprint density at radius 3 is 2.41 bits per heavy atom. The summed E-state index contributed by atoms with van der Waals surface area (Å²) in [5, 5.41) is 9.29. The number of likely N-dealkylation sites (tertiary alicyclic amines) is 1. The summed E-state index contributed by atoms with van der Waals surface area (Å²) < 4.78 is 36.5. The smallest absolute Gasteiger partial charge is 0.240 e. The van der Waals surface area contributed by atoms with E-state index in [0.29, 0.717) is 35.2 Å². The number of halogens is 2. The zero-order valence-corrected chi connectivity index (χ0v) is 28.8. The highest BCUT2D eigenvalue weighted by atomic mass is 19.1. The van der Waals surface area contributed by atoms with Crippen LogP contribution in [-0.2, 0) is 11.9 Å². The highest BCUT2D eigenvalue weighted by molar-refractivity contribution is 5.86. The summed E-state index contributed by atoms with van der Waals surface area (Å²) in [6.07, 6.45) is 8.26. The molecule has 0 bridgehead atoms. The number of alkyl halides is 1. The van der Waals surface area contributed by atoms with Gasteiger partial charge in [-0.25, -0.2) is 19.4 Å². The molecule has 1 atom stereocenters. The Hall–Kier alpha value is -4.29. The molecule has 4 aromatic rings. The first-order valence-electron chi connectivity index (χ1n) is 17.2. The Balaban J connectivity index is 1.15. The van der Waals surface area contributed by atoms with Crippen molar-refractivity contribution in [2.24, 2.45) is 12.5 Å². The molecule has 3 saturated heterocycles. The van der Waals surface area contributed by atoms with Gasteiger partial charge in [0.2, 0.25) is 5.95 Å². The summed E-state index contributed by atoms with van der Waals surface area (Å²) in [5.41, 5.74) is 3.68. The molecule has 1 N–H and O–H groups in total. The monoisotopic (exact) mass is 672 g/mol. The number of aromatic nitrogens is 4. The van der Waals surface area contributed by atoms with Crippen LogP contribution in [0.15, 0.2) is 61.1 Å². The highest BCUT2D eigenvalue weighted by Crippen LogP contribution is 2.47. The third kappa shape index (κ3) is 6.68. The lowest BCUT2D eigenvalue weighted by Gasteiger charge is -2.50. The summed E-state index contributed by atoms with van der Waals surface area (Å²) in [6.45, 7) is 7.74. The SMILES string of the molecule is COc1cc(N2CCC3(CC2)CCN(C(C)(C)CF)CC3)c(-c2cn(C)nc2F)cc1Nc1cc(N2OCC[C@@H]2c2ccccc2)ncn1. The lowest BCUT2D eigenvalue weighted by Crippen LogP contribution is -2.53. The zero-order valence-electron chi connectivity index (χ0n) is 28.8. The van der Waals surface area contributed by atoms with Crippen molar-refractivity contribution in [3.05, 3.63) is 72.6 Å². The van der Waals surface area contributed by atoms with Crippen LogP contribution in [0.25, 0.3) is 11.1 Å². The van der Waals surface area contributed by atoms with Crippen molar-refractivity contribution in [2.45, 2.75) is 57.5 Å². The van der Waals surface area contributed by atoms with Crippen molar-refractivity contribution in [3.63, 3.8) is 0 Å². The second kappa shape index (κ2) is 13.5. The molecule has 0 radical (unpaired) electrons. The molecule has 0 saturated carbocycles. The van der Waals surface area contributed by atoms with Crippen molar-refractivity contribution in [2.75, 3.05) is 61.9 Å². The number of ether oxygens (including phenoxy) is 1. The van der Waals surface area contributed by atoms with Gasteiger partial charge in [-0.2, -0.15) is 4.39 Å². The number of hydrogen-bond donors (Lipinski definition) is 1. The lowest BCUT2D eigenvalue weighted by molar-refractivity contribution is 0.0112. The van der Waals surface area contributed by atoms with Crippen molar-refractivity contribution in [1.29, 1.82) is 0 Å². The van der Waals surface area contributed by atoms with E-state index in [1.54, 1.807) is 20.4 Å². The molecule has 0 unspecified atom stereocenters. The van der Waals surface area contributed by atoms with Gasteiger partial charge in [-0.05, 0) is 69.7 Å². The van der Waals surface area contributed by atoms with Gasteiger partial charge < -0.3 is 15.0 Å². The summed E-state index contributed by atoms with van der Waals surface area (Å²) in [7, 11) is 3.36. The third-order valence-electron chi connectivity index (χ3n) is 10.8. The molecule has 3 aliphatic heterocycles. The van der Waals surface area contributed by atoms with Crippen molar-refractivity contribution < 1.29 is 18.4 Å². The average molecular weight is 673 g/mol. The van der Waals surface area contributed by atoms with Crippen LogP contribution in [0.2, 0.25) is 0 Å². The zero-order chi connectivity index (χ0) is 34.2. The standard InChI is InChI=1S/C37H46F2N8O2/c1-36(2,24-38)46-17-13-37(14-18-46)11-15-45(16-12-37)31-21-32(48-4)29(20-27(31)28-23-44(3)43-35(28)39)42-33-22-34(41-25-40-33)47-30(10-19-49-47)26-8-6-5-7-9-26/h5-9,20-23,25,30H,10-19,24H2,1-4H3,(H,40,41,42)/t30-/m1/s1. The fourth-order valence-electron chi connectivity index (χ4n) is 7.69. The largest absolute Gasteiger partial charge is 0.494 e. The first-order chi connectivity index (χ1) is 23.7. The van der Waals surface area contributed by atoms with Crippen LogP contribution in [0.3, 0.4) is 0 Å². The van der Waals surface area contributed by atoms with Crippen LogP contribution in [0.1, 0.15) is 57.6 Å². The van der Waals surface area contributed by atoms with Crippen molar-refractivity contribution in [3.8, 4) is 16.9 Å². The number of hydroxylamine groups is 1. The van der Waals surface area contributed by atoms with Crippen LogP contribution in [0.4, 0.5) is 31.8 Å². The van der Waals surface area contributed by atoms with Gasteiger partial charge in [0.1, 0.15) is 24.6 Å². The van der Waals surface area contributed by atoms with E-state index in [4.69, 9.17) is 9.57 Å². The van der Waals surface area contributed by atoms with Gasteiger partial charge in [0, 0.05) is 61.7 Å². The second-order valence-electron chi connectivity index (χ2n) is 14.3. The van der Waals surface area contributed by atoms with E-state index in [1.165, 1.54) is 11.0 Å². The number of methoxy groups -OCH3 is 1. The van der Waals surface area contributed by atoms with Gasteiger partial charge in [-0.3, -0.25) is 14.4 Å². The van der Waals surface area contributed by atoms with E-state index in [2.05, 4.69) is 42.3 Å². The third-order valence-corrected chi connectivity index (χ3v) is 10.8. The minimum atomic E-state index is -0.529. The number of aryl methyl sites for hydroxylation is 1. The number of nitrogens with zero attached hydrogens (tertiary/aromatic N) is 7. The number of benzene rings is 2. The van der Waals surface area contributed by atoms with E-state index < -0.39 is 11.5 Å². The van der Waals surface area contributed by atoms with Crippen molar-refractivity contribution in [1.82, 2.24) is 24.6 Å². The van der Waals surface area contributed by atoms with Crippen LogP contribution in [0.5, 0.6) is 5.75 Å². The molecule has 49 heavy (non-hydrogen) atoms. The van der Waals surface area contributed by atoms with Gasteiger partial charge in [0.25, 0.3) is 0 Å². The topological polar surface area (TPSA) is 83.8 Å². The molecule has 3 fully saturated rings. The highest BCUT2D eigenvalue weighted by Gasteiger charge is 2.41. The Labute approximate surface area is 287 Å². The van der Waals surface area contributed by atoms with Crippen LogP contribution < -0.4 is 20.0 Å². The van der Waals surface area contributed by atoms with Gasteiger partial charge in [-0.1, -0.05) is 30.3 Å². The summed E-state index contributed by atoms with van der Waals surface area (Å²) in [6, 6.07) is 16.1. The molecule has 12 heteroatoms. The first-order valence-corrected chi connectivity index (χ1v) is 17.2. The van der Waals surface area contributed by atoms with Gasteiger partial charge in [0.15, 0.2) is 5.82 Å². The fraction of sp³-hybridized carbons (Fsp3) is 0.486. The summed E-state index contributed by atoms with van der Waals surface area (Å²) >= 11 is 0. The maximum absolute atomic E-state index is 15.4. The number of rotatable bonds is 9. The number of anilines is 4. The number of hydrogen-bond acceptors (Lipinski definition) is 9. The maximum Gasteiger partial charge on any atom is 0.240 e. The van der Waals surface area contributed by atoms with E-state index in [9.17, 15) is 4.39 Å². The molecule has 0 aliphatic carbocycles. The predicted molar refractivity (Wildman–Crippen MR) is 187 cm³/mol. The fourth-order valence-corrected chi connectivity index (χ4v) is 7.69. The molecular formula is C37H46F2N8O2. The van der Waals surface area contributed by atoms with Crippen LogP contribution in [0, 0.1) is 11.4 Å². The van der Waals surface area contributed by atoms with E-state index in [1.807, 2.05) is 55.3 Å². The van der Waals surface area contributed by atoms with E-state index in [-0.39, 0.29) is 18.1 Å². The minimum absolute atomic E-state index is 0.0381. The molecule has 10 nitrogen and oxygen atoms in total. The van der Waals surface area contributed by atoms with Gasteiger partial charge in [-0.15, -0.1) is 5.10 Å². The summed E-state index contributed by atoms with van der Waals surface area (Å²) in [4.78, 5) is 19.7. The Morgan fingerprint density at radius 2 is 1.73 bits per heavy atom. The molecule has 260 valence electrons. The maximum atomic E-state index is 15.4. The van der Waals surface area contributed by atoms with Crippen LogP contribution in [-0.4, -0.2) is 76.8 Å². The van der Waals surface area contributed by atoms with Crippen LogP contribution >= 0.6 is 0 Å². The molecule has 3 aliphatic rings. The Bertz CT molecular complexity index is 1750. The van der Waals surface area contributed by atoms with Crippen molar-refractivity contribution >= 4 is 23.0 Å². The van der Waals surface area contributed by atoms with E-state index in [0.717, 1.165) is 75.1 Å². The lowest BCUT2D eigenvalue weighted by atomic mass is 9.70. The number of piperidine rings is 2. The molecule has 1 spiro atoms. The average Bonchev–Trinajstić information content (AvgIpc) is 3.75. The van der Waals surface area contributed by atoms with Gasteiger partial charge in [0.05, 0.1) is 31.0 Å². The predicted octanol–water partition coefficient (Wildman–Crippen LogP) is 7.08. The minimum Gasteiger partial charge on any atom is -0.494 e. The second-order valence-corrected chi connectivity index (χ2v) is 14.3. The molecule has 7 rings (SSSR count). The van der Waals surface area contributed by atoms with E-state index >= 15 is 4.39 Å². The Kier molecular flexibility index (Phi) is 9.19. The molecule has 2 aromatic heterocycles. The first kappa shape index (κ1) is 33.2. The molecule has 2 aromatic carbocycles. The normalized spacial score (nSPS) is 19.8.